The van der Waals surface area contributed by atoms with Crippen LogP contribution < -0.4 is 11.1 Å². The normalized spacial score (nSPS) is 11.0. The van der Waals surface area contributed by atoms with Crippen LogP contribution in [0.5, 0.6) is 0 Å². The number of hydrogen-bond acceptors (Lipinski definition) is 6. The van der Waals surface area contributed by atoms with Crippen molar-refractivity contribution in [1.82, 2.24) is 24.7 Å². The molecule has 0 spiro atoms. The van der Waals surface area contributed by atoms with Crippen LogP contribution >= 0.6 is 0 Å². The molecule has 0 aliphatic carbocycles. The minimum absolute atomic E-state index is 0.432. The monoisotopic (exact) mass is 331 g/mol. The predicted octanol–water partition coefficient (Wildman–Crippen LogP) is 3.15. The minimum Gasteiger partial charge on any atom is -0.393 e. The van der Waals surface area contributed by atoms with Crippen LogP contribution in [0.3, 0.4) is 0 Å². The maximum atomic E-state index is 6.32. The van der Waals surface area contributed by atoms with Crippen LogP contribution in [0.1, 0.15) is 11.4 Å². The highest BCUT2D eigenvalue weighted by Gasteiger charge is 2.14. The van der Waals surface area contributed by atoms with E-state index in [2.05, 4.69) is 25.4 Å². The number of pyridine rings is 1. The molecule has 1 aromatic carbocycles. The lowest BCUT2D eigenvalue weighted by molar-refractivity contribution is 0.804. The third kappa shape index (κ3) is 2.65. The first-order valence-electron chi connectivity index (χ1n) is 7.88. The number of aromatic nitrogens is 5. The number of para-hydroxylation sites is 1. The van der Waals surface area contributed by atoms with Crippen molar-refractivity contribution in [2.45, 2.75) is 13.8 Å². The van der Waals surface area contributed by atoms with Crippen LogP contribution in [-0.4, -0.2) is 24.7 Å². The molecule has 4 rings (SSSR count). The van der Waals surface area contributed by atoms with E-state index in [0.717, 1.165) is 28.0 Å². The third-order valence-corrected chi connectivity index (χ3v) is 3.96. The SMILES string of the molecule is Cc1cc(C)n(-c2ncnc(Nc3cccc4cccnc34)c2N)n1. The molecule has 0 amide bonds. The van der Waals surface area contributed by atoms with Gasteiger partial charge in [0.15, 0.2) is 11.6 Å². The Morgan fingerprint density at radius 2 is 1.88 bits per heavy atom. The minimum atomic E-state index is 0.432. The Balaban J connectivity index is 1.79. The van der Waals surface area contributed by atoms with Crippen molar-refractivity contribution in [2.24, 2.45) is 0 Å². The number of anilines is 3. The van der Waals surface area contributed by atoms with Gasteiger partial charge in [-0.3, -0.25) is 4.98 Å². The van der Waals surface area contributed by atoms with Crippen LogP contribution in [0.2, 0.25) is 0 Å². The van der Waals surface area contributed by atoms with Crippen molar-refractivity contribution < 1.29 is 0 Å². The van der Waals surface area contributed by atoms with E-state index in [0.29, 0.717) is 17.3 Å². The molecule has 0 saturated heterocycles. The van der Waals surface area contributed by atoms with E-state index in [9.17, 15) is 0 Å². The molecule has 0 aliphatic heterocycles. The maximum Gasteiger partial charge on any atom is 0.182 e. The summed E-state index contributed by atoms with van der Waals surface area (Å²) in [5, 5.41) is 8.76. The van der Waals surface area contributed by atoms with Gasteiger partial charge in [0.1, 0.15) is 12.0 Å². The summed E-state index contributed by atoms with van der Waals surface area (Å²) < 4.78 is 1.72. The number of benzene rings is 1. The molecule has 0 aliphatic rings. The highest BCUT2D eigenvalue weighted by atomic mass is 15.3. The molecule has 124 valence electrons. The lowest BCUT2D eigenvalue weighted by atomic mass is 10.2. The van der Waals surface area contributed by atoms with Gasteiger partial charge in [-0.05, 0) is 32.0 Å². The van der Waals surface area contributed by atoms with Crippen molar-refractivity contribution >= 4 is 28.1 Å². The summed E-state index contributed by atoms with van der Waals surface area (Å²) in [6.45, 7) is 3.89. The first kappa shape index (κ1) is 15.1. The Labute approximate surface area is 144 Å². The molecule has 3 aromatic heterocycles. The van der Waals surface area contributed by atoms with Gasteiger partial charge in [0, 0.05) is 17.3 Å². The zero-order chi connectivity index (χ0) is 17.4. The average molecular weight is 331 g/mol. The predicted molar refractivity (Wildman–Crippen MR) is 98.1 cm³/mol. The van der Waals surface area contributed by atoms with E-state index in [4.69, 9.17) is 5.73 Å². The second-order valence-corrected chi connectivity index (χ2v) is 5.80. The Hall–Kier alpha value is -3.48. The Kier molecular flexibility index (Phi) is 3.53. The maximum absolute atomic E-state index is 6.32. The van der Waals surface area contributed by atoms with Crippen LogP contribution in [0.15, 0.2) is 48.9 Å². The lowest BCUT2D eigenvalue weighted by Crippen LogP contribution is -2.09. The van der Waals surface area contributed by atoms with E-state index in [1.165, 1.54) is 6.33 Å². The topological polar surface area (TPSA) is 94.5 Å². The molecule has 7 nitrogen and oxygen atoms in total. The molecule has 4 aromatic rings. The highest BCUT2D eigenvalue weighted by Crippen LogP contribution is 2.28. The molecule has 25 heavy (non-hydrogen) atoms. The van der Waals surface area contributed by atoms with Gasteiger partial charge in [0.2, 0.25) is 0 Å². The zero-order valence-corrected chi connectivity index (χ0v) is 13.9. The van der Waals surface area contributed by atoms with Crippen LogP contribution in [-0.2, 0) is 0 Å². The standard InChI is InChI=1S/C18H17N7/c1-11-9-12(2)25(24-11)18-15(19)17(21-10-22-18)23-14-7-3-5-13-6-4-8-20-16(13)14/h3-10H,19H2,1-2H3,(H,21,22,23). The second-order valence-electron chi connectivity index (χ2n) is 5.80. The molecule has 0 bridgehead atoms. The summed E-state index contributed by atoms with van der Waals surface area (Å²) >= 11 is 0. The average Bonchev–Trinajstić information content (AvgIpc) is 2.95. The summed E-state index contributed by atoms with van der Waals surface area (Å²) in [6.07, 6.45) is 3.24. The zero-order valence-electron chi connectivity index (χ0n) is 13.9. The molecule has 3 heterocycles. The first-order valence-corrected chi connectivity index (χ1v) is 7.88. The van der Waals surface area contributed by atoms with Crippen molar-refractivity contribution in [2.75, 3.05) is 11.1 Å². The van der Waals surface area contributed by atoms with E-state index in [-0.39, 0.29) is 0 Å². The fourth-order valence-electron chi connectivity index (χ4n) is 2.83. The molecule has 0 unspecified atom stereocenters. The molecular weight excluding hydrogens is 314 g/mol. The molecule has 0 saturated carbocycles. The van der Waals surface area contributed by atoms with Gasteiger partial charge in [0.05, 0.1) is 16.9 Å². The van der Waals surface area contributed by atoms with Crippen molar-refractivity contribution in [3.63, 3.8) is 0 Å². The Bertz CT molecular complexity index is 1060. The summed E-state index contributed by atoms with van der Waals surface area (Å²) in [7, 11) is 0. The number of fused-ring (bicyclic) bond motifs is 1. The molecular formula is C18H17N7. The third-order valence-electron chi connectivity index (χ3n) is 3.96. The molecule has 0 fully saturated rings. The molecule has 7 heteroatoms. The molecule has 0 atom stereocenters. The summed E-state index contributed by atoms with van der Waals surface area (Å²) in [6, 6.07) is 11.8. The number of rotatable bonds is 3. The summed E-state index contributed by atoms with van der Waals surface area (Å²) in [5.74, 6) is 1.08. The van der Waals surface area contributed by atoms with E-state index in [1.54, 1.807) is 10.9 Å². The van der Waals surface area contributed by atoms with Gasteiger partial charge in [-0.15, -0.1) is 0 Å². The Morgan fingerprint density at radius 3 is 2.68 bits per heavy atom. The van der Waals surface area contributed by atoms with Gasteiger partial charge in [-0.2, -0.15) is 5.10 Å². The quantitative estimate of drug-likeness (QED) is 0.599. The number of nitrogens with one attached hydrogen (secondary N) is 1. The number of nitrogens with zero attached hydrogens (tertiary/aromatic N) is 5. The number of nitrogen functional groups attached to an aromatic ring is 1. The smallest absolute Gasteiger partial charge is 0.182 e. The number of nitrogens with two attached hydrogens (primary N) is 1. The number of hydrogen-bond donors (Lipinski definition) is 2. The van der Waals surface area contributed by atoms with Crippen molar-refractivity contribution in [3.05, 3.63) is 60.3 Å². The lowest BCUT2D eigenvalue weighted by Gasteiger charge is -2.13. The van der Waals surface area contributed by atoms with Crippen molar-refractivity contribution in [3.8, 4) is 5.82 Å². The van der Waals surface area contributed by atoms with Crippen LogP contribution in [0.25, 0.3) is 16.7 Å². The second kappa shape index (κ2) is 5.86. The number of aryl methyl sites for hydroxylation is 2. The largest absolute Gasteiger partial charge is 0.393 e. The van der Waals surface area contributed by atoms with Crippen molar-refractivity contribution in [1.29, 1.82) is 0 Å². The molecule has 3 N–H and O–H groups in total. The van der Waals surface area contributed by atoms with E-state index >= 15 is 0 Å². The Morgan fingerprint density at radius 1 is 1.04 bits per heavy atom. The fourth-order valence-corrected chi connectivity index (χ4v) is 2.83. The van der Waals surface area contributed by atoms with Gasteiger partial charge in [0.25, 0.3) is 0 Å². The van der Waals surface area contributed by atoms with Crippen LogP contribution in [0.4, 0.5) is 17.2 Å². The van der Waals surface area contributed by atoms with Gasteiger partial charge >= 0.3 is 0 Å². The van der Waals surface area contributed by atoms with E-state index in [1.807, 2.05) is 50.2 Å². The van der Waals surface area contributed by atoms with Gasteiger partial charge in [-0.25, -0.2) is 14.6 Å². The first-order chi connectivity index (χ1) is 12.1. The van der Waals surface area contributed by atoms with E-state index < -0.39 is 0 Å². The highest BCUT2D eigenvalue weighted by molar-refractivity contribution is 5.92. The summed E-state index contributed by atoms with van der Waals surface area (Å²) in [4.78, 5) is 13.0. The summed E-state index contributed by atoms with van der Waals surface area (Å²) in [5.41, 5.74) is 10.3. The van der Waals surface area contributed by atoms with Gasteiger partial charge in [-0.1, -0.05) is 18.2 Å². The van der Waals surface area contributed by atoms with Crippen LogP contribution in [0, 0.1) is 13.8 Å². The molecule has 0 radical (unpaired) electrons. The fraction of sp³-hybridized carbons (Fsp3) is 0.111. The van der Waals surface area contributed by atoms with Gasteiger partial charge < -0.3 is 11.1 Å².